The zero-order valence-corrected chi connectivity index (χ0v) is 11.2. The number of rotatable bonds is 3. The second kappa shape index (κ2) is 5.63. The molecule has 2 atom stereocenters. The molecule has 0 radical (unpaired) electrons. The fourth-order valence-corrected chi connectivity index (χ4v) is 3.18. The van der Waals surface area contributed by atoms with Crippen LogP contribution < -0.4 is 4.74 Å². The molecule has 1 aliphatic heterocycles. The Labute approximate surface area is 116 Å². The van der Waals surface area contributed by atoms with E-state index in [1.807, 2.05) is 36.4 Å². The molecule has 1 aromatic carbocycles. The third-order valence-electron chi connectivity index (χ3n) is 3.13. The van der Waals surface area contributed by atoms with Crippen molar-refractivity contribution in [3.05, 3.63) is 54.4 Å². The molecule has 1 aromatic heterocycles. The first kappa shape index (κ1) is 12.5. The average Bonchev–Trinajstić information content (AvgIpc) is 2.48. The largest absolute Gasteiger partial charge is 0.486 e. The van der Waals surface area contributed by atoms with Crippen molar-refractivity contribution < 1.29 is 9.84 Å². The molecule has 2 heterocycles. The summed E-state index contributed by atoms with van der Waals surface area (Å²) in [6.45, 7) is 0. The third kappa shape index (κ3) is 2.91. The van der Waals surface area contributed by atoms with E-state index < -0.39 is 6.10 Å². The Morgan fingerprint density at radius 3 is 3.05 bits per heavy atom. The molecule has 98 valence electrons. The van der Waals surface area contributed by atoms with E-state index in [1.54, 1.807) is 24.2 Å². The van der Waals surface area contributed by atoms with Gasteiger partial charge in [0.05, 0.1) is 6.10 Å². The SMILES string of the molecule is OC(Cc1cccnc1)C1CSc2ccccc2O1. The summed E-state index contributed by atoms with van der Waals surface area (Å²) in [5.41, 5.74) is 1.03. The Bertz CT molecular complexity index is 547. The molecule has 0 amide bonds. The van der Waals surface area contributed by atoms with Gasteiger partial charge in [-0.05, 0) is 23.8 Å². The minimum atomic E-state index is -0.509. The van der Waals surface area contributed by atoms with E-state index in [0.717, 1.165) is 22.0 Å². The summed E-state index contributed by atoms with van der Waals surface area (Å²) >= 11 is 1.74. The number of ether oxygens (including phenoxy) is 1. The molecular weight excluding hydrogens is 258 g/mol. The van der Waals surface area contributed by atoms with Crippen LogP contribution >= 0.6 is 11.8 Å². The van der Waals surface area contributed by atoms with Crippen molar-refractivity contribution in [1.82, 2.24) is 4.98 Å². The van der Waals surface area contributed by atoms with Gasteiger partial charge in [-0.1, -0.05) is 18.2 Å². The molecule has 0 saturated heterocycles. The van der Waals surface area contributed by atoms with Crippen LogP contribution in [0.3, 0.4) is 0 Å². The van der Waals surface area contributed by atoms with Gasteiger partial charge in [0.2, 0.25) is 0 Å². The summed E-state index contributed by atoms with van der Waals surface area (Å²) in [4.78, 5) is 5.21. The predicted octanol–water partition coefficient (Wildman–Crippen LogP) is 2.54. The smallest absolute Gasteiger partial charge is 0.134 e. The molecule has 0 fully saturated rings. The highest BCUT2D eigenvalue weighted by Gasteiger charge is 2.26. The Balaban J connectivity index is 1.68. The number of thioether (sulfide) groups is 1. The number of aliphatic hydroxyl groups excluding tert-OH is 1. The van der Waals surface area contributed by atoms with Gasteiger partial charge in [-0.2, -0.15) is 0 Å². The Morgan fingerprint density at radius 1 is 1.32 bits per heavy atom. The number of para-hydroxylation sites is 1. The summed E-state index contributed by atoms with van der Waals surface area (Å²) in [6, 6.07) is 11.8. The topological polar surface area (TPSA) is 42.4 Å². The maximum absolute atomic E-state index is 10.3. The maximum Gasteiger partial charge on any atom is 0.134 e. The normalized spacial score (nSPS) is 19.3. The number of hydrogen-bond donors (Lipinski definition) is 1. The molecule has 1 N–H and O–H groups in total. The third-order valence-corrected chi connectivity index (χ3v) is 4.27. The quantitative estimate of drug-likeness (QED) is 0.933. The maximum atomic E-state index is 10.3. The average molecular weight is 273 g/mol. The molecule has 3 rings (SSSR count). The van der Waals surface area contributed by atoms with Gasteiger partial charge in [0.25, 0.3) is 0 Å². The van der Waals surface area contributed by atoms with Gasteiger partial charge in [-0.15, -0.1) is 11.8 Å². The summed E-state index contributed by atoms with van der Waals surface area (Å²) in [5.74, 6) is 1.65. The first-order valence-corrected chi connectivity index (χ1v) is 7.27. The van der Waals surface area contributed by atoms with Gasteiger partial charge >= 0.3 is 0 Å². The fourth-order valence-electron chi connectivity index (χ4n) is 2.12. The standard InChI is InChI=1S/C15H15NO2S/c17-12(8-11-4-3-7-16-9-11)14-10-19-15-6-2-1-5-13(15)18-14/h1-7,9,12,14,17H,8,10H2. The van der Waals surface area contributed by atoms with E-state index in [1.165, 1.54) is 0 Å². The second-order valence-corrected chi connectivity index (χ2v) is 5.61. The van der Waals surface area contributed by atoms with E-state index in [-0.39, 0.29) is 6.10 Å². The van der Waals surface area contributed by atoms with Gasteiger partial charge in [-0.3, -0.25) is 4.98 Å². The summed E-state index contributed by atoms with van der Waals surface area (Å²) < 4.78 is 5.87. The number of hydrogen-bond acceptors (Lipinski definition) is 4. The lowest BCUT2D eigenvalue weighted by Crippen LogP contribution is -2.37. The van der Waals surface area contributed by atoms with Crippen LogP contribution in [0.25, 0.3) is 0 Å². The van der Waals surface area contributed by atoms with Gasteiger partial charge in [0.15, 0.2) is 0 Å². The van der Waals surface area contributed by atoms with Crippen molar-refractivity contribution in [2.75, 3.05) is 5.75 Å². The number of aromatic nitrogens is 1. The molecule has 0 aliphatic carbocycles. The van der Waals surface area contributed by atoms with Crippen LogP contribution in [0.2, 0.25) is 0 Å². The lowest BCUT2D eigenvalue weighted by molar-refractivity contribution is 0.0468. The molecule has 0 bridgehead atoms. The fraction of sp³-hybridized carbons (Fsp3) is 0.267. The predicted molar refractivity (Wildman–Crippen MR) is 75.5 cm³/mol. The number of nitrogens with zero attached hydrogens (tertiary/aromatic N) is 1. The van der Waals surface area contributed by atoms with Gasteiger partial charge in [0.1, 0.15) is 11.9 Å². The van der Waals surface area contributed by atoms with Gasteiger partial charge in [-0.25, -0.2) is 0 Å². The molecule has 2 unspecified atom stereocenters. The number of benzene rings is 1. The monoisotopic (exact) mass is 273 g/mol. The second-order valence-electron chi connectivity index (χ2n) is 4.55. The molecule has 4 heteroatoms. The molecule has 0 saturated carbocycles. The van der Waals surface area contributed by atoms with Crippen molar-refractivity contribution in [3.63, 3.8) is 0 Å². The highest BCUT2D eigenvalue weighted by atomic mass is 32.2. The first-order chi connectivity index (χ1) is 9.33. The zero-order chi connectivity index (χ0) is 13.1. The van der Waals surface area contributed by atoms with Crippen LogP contribution in [0, 0.1) is 0 Å². The number of aliphatic hydroxyl groups is 1. The van der Waals surface area contributed by atoms with Crippen molar-refractivity contribution in [2.24, 2.45) is 0 Å². The van der Waals surface area contributed by atoms with E-state index >= 15 is 0 Å². The van der Waals surface area contributed by atoms with Crippen molar-refractivity contribution >= 4 is 11.8 Å². The number of pyridine rings is 1. The molecule has 3 nitrogen and oxygen atoms in total. The van der Waals surface area contributed by atoms with E-state index in [0.29, 0.717) is 6.42 Å². The minimum Gasteiger partial charge on any atom is -0.486 e. The molecule has 0 spiro atoms. The summed E-state index contributed by atoms with van der Waals surface area (Å²) in [7, 11) is 0. The highest BCUT2D eigenvalue weighted by molar-refractivity contribution is 7.99. The van der Waals surface area contributed by atoms with Crippen molar-refractivity contribution in [2.45, 2.75) is 23.5 Å². The lowest BCUT2D eigenvalue weighted by atomic mass is 10.1. The van der Waals surface area contributed by atoms with E-state index in [4.69, 9.17) is 4.74 Å². The minimum absolute atomic E-state index is 0.167. The van der Waals surface area contributed by atoms with E-state index in [9.17, 15) is 5.11 Å². The van der Waals surface area contributed by atoms with E-state index in [2.05, 4.69) is 4.98 Å². The van der Waals surface area contributed by atoms with Crippen LogP contribution in [-0.2, 0) is 6.42 Å². The summed E-state index contributed by atoms with van der Waals surface area (Å²) in [5, 5.41) is 10.3. The van der Waals surface area contributed by atoms with Gasteiger partial charge in [0, 0.05) is 29.5 Å². The Kier molecular flexibility index (Phi) is 3.71. The molecule has 1 aliphatic rings. The van der Waals surface area contributed by atoms with Gasteiger partial charge < -0.3 is 9.84 Å². The summed E-state index contributed by atoms with van der Waals surface area (Å²) in [6.07, 6.45) is 3.41. The lowest BCUT2D eigenvalue weighted by Gasteiger charge is -2.29. The highest BCUT2D eigenvalue weighted by Crippen LogP contribution is 2.35. The van der Waals surface area contributed by atoms with Crippen LogP contribution in [-0.4, -0.2) is 28.1 Å². The first-order valence-electron chi connectivity index (χ1n) is 6.28. The van der Waals surface area contributed by atoms with Crippen molar-refractivity contribution in [1.29, 1.82) is 0 Å². The van der Waals surface area contributed by atoms with Crippen LogP contribution in [0.15, 0.2) is 53.7 Å². The molecule has 2 aromatic rings. The van der Waals surface area contributed by atoms with Crippen LogP contribution in [0.1, 0.15) is 5.56 Å². The zero-order valence-electron chi connectivity index (χ0n) is 10.4. The number of fused-ring (bicyclic) bond motifs is 1. The molecular formula is C15H15NO2S. The van der Waals surface area contributed by atoms with Crippen LogP contribution in [0.4, 0.5) is 0 Å². The van der Waals surface area contributed by atoms with Crippen molar-refractivity contribution in [3.8, 4) is 5.75 Å². The Hall–Kier alpha value is -1.52. The Morgan fingerprint density at radius 2 is 2.21 bits per heavy atom. The van der Waals surface area contributed by atoms with Crippen LogP contribution in [0.5, 0.6) is 5.75 Å². The molecule has 19 heavy (non-hydrogen) atoms.